The van der Waals surface area contributed by atoms with E-state index in [0.29, 0.717) is 0 Å². The molecule has 0 bridgehead atoms. The van der Waals surface area contributed by atoms with Crippen molar-refractivity contribution in [2.45, 2.75) is 25.6 Å². The molecule has 0 radical (unpaired) electrons. The first kappa shape index (κ1) is 14.4. The molecule has 1 amide bonds. The predicted molar refractivity (Wildman–Crippen MR) is 57.6 cm³/mol. The second kappa shape index (κ2) is 4.89. The van der Waals surface area contributed by atoms with Crippen LogP contribution in [-0.4, -0.2) is 28.0 Å². The van der Waals surface area contributed by atoms with E-state index >= 15 is 0 Å². The average molecular weight is 262 g/mol. The van der Waals surface area contributed by atoms with Crippen LogP contribution in [0.2, 0.25) is 0 Å². The Labute approximate surface area is 102 Å². The SMILES string of the molecule is CC(C)(CN)NC(=O)c1ccnc(C(F)(F)F)n1. The van der Waals surface area contributed by atoms with E-state index in [1.54, 1.807) is 13.8 Å². The summed E-state index contributed by atoms with van der Waals surface area (Å²) in [7, 11) is 0. The van der Waals surface area contributed by atoms with E-state index in [1.807, 2.05) is 0 Å². The molecule has 0 fully saturated rings. The Kier molecular flexibility index (Phi) is 3.90. The molecule has 0 aromatic carbocycles. The highest BCUT2D eigenvalue weighted by atomic mass is 19.4. The van der Waals surface area contributed by atoms with Gasteiger partial charge in [0.1, 0.15) is 5.69 Å². The van der Waals surface area contributed by atoms with E-state index in [1.165, 1.54) is 0 Å². The average Bonchev–Trinajstić information content (AvgIpc) is 2.27. The van der Waals surface area contributed by atoms with Crippen LogP contribution in [0.5, 0.6) is 0 Å². The zero-order chi connectivity index (χ0) is 14.0. The molecule has 8 heteroatoms. The van der Waals surface area contributed by atoms with Gasteiger partial charge >= 0.3 is 6.18 Å². The third kappa shape index (κ3) is 3.66. The first-order valence-corrected chi connectivity index (χ1v) is 5.08. The largest absolute Gasteiger partial charge is 0.451 e. The molecule has 1 aromatic heterocycles. The van der Waals surface area contributed by atoms with Gasteiger partial charge in [0, 0.05) is 18.3 Å². The molecular weight excluding hydrogens is 249 g/mol. The van der Waals surface area contributed by atoms with Crippen LogP contribution in [-0.2, 0) is 6.18 Å². The molecule has 0 aliphatic heterocycles. The van der Waals surface area contributed by atoms with Crippen molar-refractivity contribution in [3.05, 3.63) is 23.8 Å². The van der Waals surface area contributed by atoms with Crippen molar-refractivity contribution < 1.29 is 18.0 Å². The van der Waals surface area contributed by atoms with Gasteiger partial charge in [-0.1, -0.05) is 0 Å². The first-order valence-electron chi connectivity index (χ1n) is 5.08. The number of rotatable bonds is 3. The maximum Gasteiger partial charge on any atom is 0.451 e. The highest BCUT2D eigenvalue weighted by Crippen LogP contribution is 2.25. The Morgan fingerprint density at radius 2 is 2.06 bits per heavy atom. The Balaban J connectivity index is 2.94. The molecule has 0 saturated heterocycles. The van der Waals surface area contributed by atoms with E-state index in [4.69, 9.17) is 5.73 Å². The van der Waals surface area contributed by atoms with Crippen molar-refractivity contribution in [2.24, 2.45) is 5.73 Å². The molecule has 0 aliphatic rings. The molecule has 18 heavy (non-hydrogen) atoms. The second-order valence-corrected chi connectivity index (χ2v) is 4.31. The Hall–Kier alpha value is -1.70. The van der Waals surface area contributed by atoms with Crippen LogP contribution in [0.3, 0.4) is 0 Å². The molecule has 5 nitrogen and oxygen atoms in total. The zero-order valence-corrected chi connectivity index (χ0v) is 9.88. The molecule has 0 unspecified atom stereocenters. The number of aromatic nitrogens is 2. The van der Waals surface area contributed by atoms with Crippen LogP contribution in [0, 0.1) is 0 Å². The number of hydrogen-bond acceptors (Lipinski definition) is 4. The topological polar surface area (TPSA) is 80.9 Å². The van der Waals surface area contributed by atoms with Crippen molar-refractivity contribution in [2.75, 3.05) is 6.54 Å². The third-order valence-corrected chi connectivity index (χ3v) is 2.10. The molecular formula is C10H13F3N4O. The smallest absolute Gasteiger partial charge is 0.345 e. The maximum absolute atomic E-state index is 12.4. The predicted octanol–water partition coefficient (Wildman–Crippen LogP) is 0.962. The maximum atomic E-state index is 12.4. The first-order chi connectivity index (χ1) is 8.15. The monoisotopic (exact) mass is 262 g/mol. The summed E-state index contributed by atoms with van der Waals surface area (Å²) in [6.45, 7) is 3.45. The van der Waals surface area contributed by atoms with E-state index in [2.05, 4.69) is 15.3 Å². The summed E-state index contributed by atoms with van der Waals surface area (Å²) in [6.07, 6.45) is -3.79. The van der Waals surface area contributed by atoms with E-state index < -0.39 is 23.4 Å². The van der Waals surface area contributed by atoms with Gasteiger partial charge in [-0.25, -0.2) is 9.97 Å². The third-order valence-electron chi connectivity index (χ3n) is 2.10. The quantitative estimate of drug-likeness (QED) is 0.850. The lowest BCUT2D eigenvalue weighted by molar-refractivity contribution is -0.145. The second-order valence-electron chi connectivity index (χ2n) is 4.31. The number of carbonyl (C=O) groups excluding carboxylic acids is 1. The minimum absolute atomic E-state index is 0.149. The number of carbonyl (C=O) groups is 1. The fourth-order valence-corrected chi connectivity index (χ4v) is 1.04. The Bertz CT molecular complexity index is 445. The van der Waals surface area contributed by atoms with Crippen LogP contribution in [0.25, 0.3) is 0 Å². The molecule has 3 N–H and O–H groups in total. The van der Waals surface area contributed by atoms with Crippen molar-refractivity contribution in [3.63, 3.8) is 0 Å². The van der Waals surface area contributed by atoms with Gasteiger partial charge in [-0.15, -0.1) is 0 Å². The standard InChI is InChI=1S/C10H13F3N4O/c1-9(2,5-14)17-7(18)6-3-4-15-8(16-6)10(11,12)13/h3-4H,5,14H2,1-2H3,(H,17,18). The van der Waals surface area contributed by atoms with Gasteiger partial charge in [-0.3, -0.25) is 4.79 Å². The number of halogens is 3. The van der Waals surface area contributed by atoms with Crippen molar-refractivity contribution in [3.8, 4) is 0 Å². The highest BCUT2D eigenvalue weighted by molar-refractivity contribution is 5.92. The number of alkyl halides is 3. The molecule has 1 rings (SSSR count). The number of nitrogens with one attached hydrogen (secondary N) is 1. The summed E-state index contributed by atoms with van der Waals surface area (Å²) in [5.74, 6) is -2.07. The van der Waals surface area contributed by atoms with Gasteiger partial charge in [0.25, 0.3) is 5.91 Å². The number of hydrogen-bond donors (Lipinski definition) is 2. The lowest BCUT2D eigenvalue weighted by Crippen LogP contribution is -2.49. The van der Waals surface area contributed by atoms with Crippen LogP contribution in [0.4, 0.5) is 13.2 Å². The molecule has 100 valence electrons. The van der Waals surface area contributed by atoms with Gasteiger partial charge in [0.15, 0.2) is 0 Å². The zero-order valence-electron chi connectivity index (χ0n) is 9.88. The Morgan fingerprint density at radius 1 is 1.44 bits per heavy atom. The van der Waals surface area contributed by atoms with Crippen molar-refractivity contribution >= 4 is 5.91 Å². The van der Waals surface area contributed by atoms with E-state index in [0.717, 1.165) is 12.3 Å². The molecule has 1 aromatic rings. The van der Waals surface area contributed by atoms with Gasteiger partial charge < -0.3 is 11.1 Å². The van der Waals surface area contributed by atoms with Crippen molar-refractivity contribution in [1.29, 1.82) is 0 Å². The van der Waals surface area contributed by atoms with Crippen LogP contribution < -0.4 is 11.1 Å². The summed E-state index contributed by atoms with van der Waals surface area (Å²) < 4.78 is 37.1. The summed E-state index contributed by atoms with van der Waals surface area (Å²) in [6, 6.07) is 1.11. The highest BCUT2D eigenvalue weighted by Gasteiger charge is 2.35. The van der Waals surface area contributed by atoms with E-state index in [-0.39, 0.29) is 12.2 Å². The van der Waals surface area contributed by atoms with Crippen LogP contribution >= 0.6 is 0 Å². The fraction of sp³-hybridized carbons (Fsp3) is 0.500. The summed E-state index contributed by atoms with van der Waals surface area (Å²) in [5, 5.41) is 2.48. The van der Waals surface area contributed by atoms with E-state index in [9.17, 15) is 18.0 Å². The fourth-order valence-electron chi connectivity index (χ4n) is 1.04. The van der Waals surface area contributed by atoms with Gasteiger partial charge in [0.2, 0.25) is 5.82 Å². The number of nitrogens with zero attached hydrogens (tertiary/aromatic N) is 2. The minimum Gasteiger partial charge on any atom is -0.345 e. The van der Waals surface area contributed by atoms with Crippen LogP contribution in [0.15, 0.2) is 12.3 Å². The summed E-state index contributed by atoms with van der Waals surface area (Å²) in [5.41, 5.74) is 4.33. The lowest BCUT2D eigenvalue weighted by Gasteiger charge is -2.23. The molecule has 1 heterocycles. The van der Waals surface area contributed by atoms with Gasteiger partial charge in [-0.05, 0) is 19.9 Å². The molecule has 0 atom stereocenters. The van der Waals surface area contributed by atoms with Crippen LogP contribution in [0.1, 0.15) is 30.2 Å². The van der Waals surface area contributed by atoms with Crippen molar-refractivity contribution in [1.82, 2.24) is 15.3 Å². The molecule has 0 aliphatic carbocycles. The molecule has 0 spiro atoms. The summed E-state index contributed by atoms with van der Waals surface area (Å²) >= 11 is 0. The van der Waals surface area contributed by atoms with Gasteiger partial charge in [0.05, 0.1) is 0 Å². The number of amides is 1. The summed E-state index contributed by atoms with van der Waals surface area (Å²) in [4.78, 5) is 17.9. The number of nitrogens with two attached hydrogens (primary N) is 1. The molecule has 0 saturated carbocycles. The Morgan fingerprint density at radius 3 is 2.56 bits per heavy atom. The van der Waals surface area contributed by atoms with Gasteiger partial charge in [-0.2, -0.15) is 13.2 Å². The lowest BCUT2D eigenvalue weighted by atomic mass is 10.1. The normalized spacial score (nSPS) is 12.3. The minimum atomic E-state index is -4.68.